The summed E-state index contributed by atoms with van der Waals surface area (Å²) < 4.78 is 11.8. The topological polar surface area (TPSA) is 55.6 Å². The van der Waals surface area contributed by atoms with Gasteiger partial charge in [0.15, 0.2) is 5.13 Å². The SMILES string of the molecule is COc1ccc2sc(N(Cc3ccco3)C(=O)CCc3ccccc3)nc2c1. The predicted octanol–water partition coefficient (Wildman–Crippen LogP) is 5.06. The number of nitrogens with zero attached hydrogens (tertiary/aromatic N) is 2. The number of carbonyl (C=O) groups is 1. The number of ether oxygens (including phenoxy) is 1. The number of fused-ring (bicyclic) bond motifs is 1. The molecule has 1 amide bonds. The van der Waals surface area contributed by atoms with Gasteiger partial charge in [-0.2, -0.15) is 0 Å². The number of methoxy groups -OCH3 is 1. The summed E-state index contributed by atoms with van der Waals surface area (Å²) in [6.45, 7) is 0.359. The third kappa shape index (κ3) is 4.07. The molecule has 0 aliphatic heterocycles. The average molecular weight is 392 g/mol. The number of aromatic nitrogens is 1. The minimum atomic E-state index is 0.0197. The summed E-state index contributed by atoms with van der Waals surface area (Å²) >= 11 is 1.49. The molecular weight excluding hydrogens is 372 g/mol. The first-order valence-corrected chi connectivity index (χ1v) is 9.86. The zero-order chi connectivity index (χ0) is 19.3. The van der Waals surface area contributed by atoms with E-state index in [9.17, 15) is 4.79 Å². The summed E-state index contributed by atoms with van der Waals surface area (Å²) in [5, 5.41) is 0.665. The predicted molar refractivity (Wildman–Crippen MR) is 111 cm³/mol. The van der Waals surface area contributed by atoms with Crippen LogP contribution in [0.2, 0.25) is 0 Å². The molecule has 0 N–H and O–H groups in total. The van der Waals surface area contributed by atoms with E-state index in [4.69, 9.17) is 9.15 Å². The highest BCUT2D eigenvalue weighted by Crippen LogP contribution is 2.32. The van der Waals surface area contributed by atoms with E-state index in [0.29, 0.717) is 24.5 Å². The van der Waals surface area contributed by atoms with Gasteiger partial charge in [0.2, 0.25) is 5.91 Å². The van der Waals surface area contributed by atoms with Crippen LogP contribution in [0.1, 0.15) is 17.7 Å². The normalized spacial score (nSPS) is 10.9. The molecule has 0 spiro atoms. The van der Waals surface area contributed by atoms with Crippen LogP contribution in [0.4, 0.5) is 5.13 Å². The Morgan fingerprint density at radius 3 is 2.75 bits per heavy atom. The molecule has 0 bridgehead atoms. The number of thiazole rings is 1. The Kier molecular flexibility index (Phi) is 5.39. The van der Waals surface area contributed by atoms with Crippen molar-refractivity contribution in [1.82, 2.24) is 4.98 Å². The number of aryl methyl sites for hydroxylation is 1. The highest BCUT2D eigenvalue weighted by atomic mass is 32.1. The molecule has 0 aliphatic rings. The molecule has 28 heavy (non-hydrogen) atoms. The number of rotatable bonds is 7. The largest absolute Gasteiger partial charge is 0.497 e. The van der Waals surface area contributed by atoms with E-state index in [2.05, 4.69) is 4.98 Å². The van der Waals surface area contributed by atoms with Crippen LogP contribution < -0.4 is 9.64 Å². The van der Waals surface area contributed by atoms with Gasteiger partial charge in [-0.15, -0.1) is 0 Å². The lowest BCUT2D eigenvalue weighted by Crippen LogP contribution is -2.30. The summed E-state index contributed by atoms with van der Waals surface area (Å²) in [6.07, 6.45) is 2.71. The van der Waals surface area contributed by atoms with Gasteiger partial charge < -0.3 is 9.15 Å². The number of hydrogen-bond acceptors (Lipinski definition) is 5. The molecular formula is C22H20N2O3S. The number of furan rings is 1. The molecule has 5 nitrogen and oxygen atoms in total. The first-order chi connectivity index (χ1) is 13.7. The van der Waals surface area contributed by atoms with Crippen molar-refractivity contribution in [1.29, 1.82) is 0 Å². The molecule has 0 aliphatic carbocycles. The van der Waals surface area contributed by atoms with Crippen molar-refractivity contribution in [2.75, 3.05) is 12.0 Å². The van der Waals surface area contributed by atoms with E-state index in [1.54, 1.807) is 18.3 Å². The fraction of sp³-hybridized carbons (Fsp3) is 0.182. The molecule has 2 aromatic carbocycles. The van der Waals surface area contributed by atoms with Crippen molar-refractivity contribution in [2.24, 2.45) is 0 Å². The summed E-state index contributed by atoms with van der Waals surface area (Å²) in [4.78, 5) is 19.5. The van der Waals surface area contributed by atoms with Crippen molar-refractivity contribution >= 4 is 32.6 Å². The van der Waals surface area contributed by atoms with Gasteiger partial charge in [-0.3, -0.25) is 9.69 Å². The van der Waals surface area contributed by atoms with Crippen molar-refractivity contribution < 1.29 is 13.9 Å². The third-order valence-electron chi connectivity index (χ3n) is 4.48. The Morgan fingerprint density at radius 2 is 2.00 bits per heavy atom. The number of carbonyl (C=O) groups excluding carboxylic acids is 1. The highest BCUT2D eigenvalue weighted by Gasteiger charge is 2.21. The first kappa shape index (κ1) is 18.3. The van der Waals surface area contributed by atoms with Gasteiger partial charge in [0.05, 0.1) is 30.1 Å². The Morgan fingerprint density at radius 1 is 1.14 bits per heavy atom. The van der Waals surface area contributed by atoms with Gasteiger partial charge in [-0.05, 0) is 36.2 Å². The van der Waals surface area contributed by atoms with E-state index in [0.717, 1.165) is 27.3 Å². The minimum Gasteiger partial charge on any atom is -0.497 e. The van der Waals surface area contributed by atoms with Gasteiger partial charge in [0, 0.05) is 12.5 Å². The van der Waals surface area contributed by atoms with Gasteiger partial charge in [-0.25, -0.2) is 4.98 Å². The van der Waals surface area contributed by atoms with Gasteiger partial charge >= 0.3 is 0 Å². The maximum Gasteiger partial charge on any atom is 0.229 e. The molecule has 0 fully saturated rings. The van der Waals surface area contributed by atoms with Crippen LogP contribution in [0.15, 0.2) is 71.3 Å². The maximum atomic E-state index is 13.1. The van der Waals surface area contributed by atoms with Gasteiger partial charge in [-0.1, -0.05) is 41.7 Å². The molecule has 4 rings (SSSR count). The number of benzene rings is 2. The Labute approximate surface area is 167 Å². The van der Waals surface area contributed by atoms with Crippen LogP contribution in [0, 0.1) is 0 Å². The van der Waals surface area contributed by atoms with Crippen molar-refractivity contribution in [3.8, 4) is 5.75 Å². The van der Waals surface area contributed by atoms with E-state index in [-0.39, 0.29) is 5.91 Å². The molecule has 2 aromatic heterocycles. The van der Waals surface area contributed by atoms with Gasteiger partial charge in [0.1, 0.15) is 11.5 Å². The van der Waals surface area contributed by atoms with Gasteiger partial charge in [0.25, 0.3) is 0 Å². The molecule has 0 radical (unpaired) electrons. The standard InChI is InChI=1S/C22H20N2O3S/c1-26-17-10-11-20-19(14-17)23-22(28-20)24(15-18-8-5-13-27-18)21(25)12-9-16-6-3-2-4-7-16/h2-8,10-11,13-14H,9,12,15H2,1H3. The second kappa shape index (κ2) is 8.27. The van der Waals surface area contributed by atoms with Crippen molar-refractivity contribution in [3.05, 3.63) is 78.3 Å². The second-order valence-corrected chi connectivity index (χ2v) is 7.38. The Balaban J connectivity index is 1.60. The van der Waals surface area contributed by atoms with Crippen molar-refractivity contribution in [3.63, 3.8) is 0 Å². The number of amides is 1. The summed E-state index contributed by atoms with van der Waals surface area (Å²) in [5.41, 5.74) is 1.96. The molecule has 2 heterocycles. The monoisotopic (exact) mass is 392 g/mol. The molecule has 0 saturated carbocycles. The first-order valence-electron chi connectivity index (χ1n) is 9.04. The second-order valence-electron chi connectivity index (χ2n) is 6.37. The zero-order valence-corrected chi connectivity index (χ0v) is 16.3. The summed E-state index contributed by atoms with van der Waals surface area (Å²) in [6, 6.07) is 19.5. The number of hydrogen-bond donors (Lipinski definition) is 0. The Bertz CT molecular complexity index is 1060. The number of anilines is 1. The van der Waals surface area contributed by atoms with E-state index >= 15 is 0 Å². The van der Waals surface area contributed by atoms with Crippen LogP contribution in [0.25, 0.3) is 10.2 Å². The lowest BCUT2D eigenvalue weighted by Gasteiger charge is -2.18. The van der Waals surface area contributed by atoms with Crippen LogP contribution >= 0.6 is 11.3 Å². The maximum absolute atomic E-state index is 13.1. The van der Waals surface area contributed by atoms with Crippen LogP contribution in [-0.2, 0) is 17.8 Å². The van der Waals surface area contributed by atoms with Crippen LogP contribution in [-0.4, -0.2) is 18.0 Å². The lowest BCUT2D eigenvalue weighted by atomic mass is 10.1. The quantitative estimate of drug-likeness (QED) is 0.441. The lowest BCUT2D eigenvalue weighted by molar-refractivity contribution is -0.118. The molecule has 4 aromatic rings. The molecule has 0 unspecified atom stereocenters. The summed E-state index contributed by atoms with van der Waals surface area (Å²) in [5.74, 6) is 1.49. The molecule has 142 valence electrons. The van der Waals surface area contributed by atoms with Crippen molar-refractivity contribution in [2.45, 2.75) is 19.4 Å². The highest BCUT2D eigenvalue weighted by molar-refractivity contribution is 7.22. The average Bonchev–Trinajstić information content (AvgIpc) is 3.39. The minimum absolute atomic E-state index is 0.0197. The fourth-order valence-corrected chi connectivity index (χ4v) is 3.95. The summed E-state index contributed by atoms with van der Waals surface area (Å²) in [7, 11) is 1.63. The van der Waals surface area contributed by atoms with E-state index in [1.807, 2.05) is 60.7 Å². The van der Waals surface area contributed by atoms with E-state index in [1.165, 1.54) is 11.3 Å². The smallest absolute Gasteiger partial charge is 0.229 e. The molecule has 0 saturated heterocycles. The molecule has 6 heteroatoms. The van der Waals surface area contributed by atoms with E-state index < -0.39 is 0 Å². The third-order valence-corrected chi connectivity index (χ3v) is 5.54. The Hall–Kier alpha value is -3.12. The fourth-order valence-electron chi connectivity index (χ4n) is 2.99. The van der Waals surface area contributed by atoms with Crippen LogP contribution in [0.3, 0.4) is 0 Å². The molecule has 0 atom stereocenters. The zero-order valence-electron chi connectivity index (χ0n) is 15.5. The van der Waals surface area contributed by atoms with Crippen LogP contribution in [0.5, 0.6) is 5.75 Å².